The minimum absolute atomic E-state index is 0.814. The van der Waals surface area contributed by atoms with Crippen molar-refractivity contribution in [3.05, 3.63) is 64.7 Å². The monoisotopic (exact) mass is 323 g/mol. The van der Waals surface area contributed by atoms with Crippen LogP contribution in [-0.2, 0) is 13.0 Å². The van der Waals surface area contributed by atoms with Crippen molar-refractivity contribution in [1.29, 1.82) is 0 Å². The van der Waals surface area contributed by atoms with Gasteiger partial charge in [-0.15, -0.1) is 0 Å². The molecule has 3 rings (SSSR count). The highest BCUT2D eigenvalue weighted by Gasteiger charge is 2.19. The zero-order valence-electron chi connectivity index (χ0n) is 15.2. The lowest BCUT2D eigenvalue weighted by molar-refractivity contribution is 0.177. The van der Waals surface area contributed by atoms with Crippen LogP contribution in [0, 0.1) is 19.8 Å². The third kappa shape index (κ3) is 4.61. The molecule has 1 saturated heterocycles. The van der Waals surface area contributed by atoms with E-state index in [-0.39, 0.29) is 0 Å². The average Bonchev–Trinajstić information content (AvgIpc) is 2.56. The first-order chi connectivity index (χ1) is 11.6. The van der Waals surface area contributed by atoms with Crippen molar-refractivity contribution in [2.45, 2.75) is 39.7 Å². The van der Waals surface area contributed by atoms with Gasteiger partial charge in [-0.05, 0) is 75.4 Å². The van der Waals surface area contributed by atoms with Gasteiger partial charge in [0.2, 0.25) is 0 Å². The summed E-state index contributed by atoms with van der Waals surface area (Å²) in [6.45, 7) is 7.91. The highest BCUT2D eigenvalue weighted by molar-refractivity contribution is 5.29. The van der Waals surface area contributed by atoms with Crippen molar-refractivity contribution in [1.82, 2.24) is 4.90 Å². The number of nitrogens with zero attached hydrogens (tertiary/aromatic N) is 1. The number of likely N-dealkylation sites (tertiary alicyclic amines) is 1. The van der Waals surface area contributed by atoms with E-state index < -0.39 is 0 Å². The Hall–Kier alpha value is -1.80. The van der Waals surface area contributed by atoms with Crippen molar-refractivity contribution in [3.8, 4) is 5.75 Å². The summed E-state index contributed by atoms with van der Waals surface area (Å²) in [7, 11) is 1.72. The van der Waals surface area contributed by atoms with Crippen LogP contribution in [0.3, 0.4) is 0 Å². The molecule has 0 aliphatic carbocycles. The molecule has 2 heteroatoms. The molecule has 24 heavy (non-hydrogen) atoms. The summed E-state index contributed by atoms with van der Waals surface area (Å²) in [5.74, 6) is 1.76. The number of piperidine rings is 1. The third-order valence-corrected chi connectivity index (χ3v) is 5.08. The second-order valence-electron chi connectivity index (χ2n) is 7.27. The molecule has 1 heterocycles. The Labute approximate surface area is 146 Å². The molecular formula is C22H29NO. The second kappa shape index (κ2) is 7.85. The van der Waals surface area contributed by atoms with E-state index >= 15 is 0 Å². The first kappa shape index (κ1) is 17.0. The lowest BCUT2D eigenvalue weighted by Gasteiger charge is -2.32. The molecule has 0 unspecified atom stereocenters. The standard InChI is InChI=1S/C22H29NO/c1-17-12-18(2)14-21(13-17)16-23-10-8-20(9-11-23)15-19-4-6-22(24-3)7-5-19/h4-7,12-14,20H,8-11,15-16H2,1-3H3. The van der Waals surface area contributed by atoms with E-state index in [1.165, 1.54) is 54.6 Å². The normalized spacial score (nSPS) is 16.3. The van der Waals surface area contributed by atoms with Gasteiger partial charge in [0.25, 0.3) is 0 Å². The lowest BCUT2D eigenvalue weighted by Crippen LogP contribution is -2.33. The van der Waals surface area contributed by atoms with E-state index in [1.807, 2.05) is 0 Å². The summed E-state index contributed by atoms with van der Waals surface area (Å²) < 4.78 is 5.24. The largest absolute Gasteiger partial charge is 0.497 e. The van der Waals surface area contributed by atoms with Crippen LogP contribution in [0.2, 0.25) is 0 Å². The number of hydrogen-bond donors (Lipinski definition) is 0. The number of methoxy groups -OCH3 is 1. The fraction of sp³-hybridized carbons (Fsp3) is 0.455. The van der Waals surface area contributed by atoms with Gasteiger partial charge in [0.1, 0.15) is 5.75 Å². The van der Waals surface area contributed by atoms with Gasteiger partial charge in [0, 0.05) is 6.54 Å². The smallest absolute Gasteiger partial charge is 0.118 e. The Kier molecular flexibility index (Phi) is 5.57. The van der Waals surface area contributed by atoms with Gasteiger partial charge < -0.3 is 4.74 Å². The van der Waals surface area contributed by atoms with Crippen LogP contribution in [0.15, 0.2) is 42.5 Å². The van der Waals surface area contributed by atoms with Gasteiger partial charge >= 0.3 is 0 Å². The molecule has 1 fully saturated rings. The van der Waals surface area contributed by atoms with Gasteiger partial charge in [-0.2, -0.15) is 0 Å². The van der Waals surface area contributed by atoms with Gasteiger partial charge in [-0.1, -0.05) is 41.5 Å². The molecule has 0 N–H and O–H groups in total. The van der Waals surface area contributed by atoms with Crippen LogP contribution in [0.4, 0.5) is 0 Å². The van der Waals surface area contributed by atoms with E-state index in [2.05, 4.69) is 61.2 Å². The first-order valence-electron chi connectivity index (χ1n) is 9.05. The quantitative estimate of drug-likeness (QED) is 0.786. The van der Waals surface area contributed by atoms with Crippen molar-refractivity contribution in [2.75, 3.05) is 20.2 Å². The lowest BCUT2D eigenvalue weighted by atomic mass is 9.90. The zero-order valence-corrected chi connectivity index (χ0v) is 15.2. The minimum atomic E-state index is 0.814. The fourth-order valence-corrected chi connectivity index (χ4v) is 3.86. The van der Waals surface area contributed by atoms with Crippen LogP contribution in [0.5, 0.6) is 5.75 Å². The van der Waals surface area contributed by atoms with Gasteiger partial charge in [-0.25, -0.2) is 0 Å². The number of benzene rings is 2. The number of rotatable bonds is 5. The maximum atomic E-state index is 5.24. The molecule has 1 aliphatic rings. The molecule has 0 bridgehead atoms. The molecule has 0 radical (unpaired) electrons. The Balaban J connectivity index is 1.50. The van der Waals surface area contributed by atoms with E-state index in [9.17, 15) is 0 Å². The molecule has 2 nitrogen and oxygen atoms in total. The molecule has 0 saturated carbocycles. The van der Waals surface area contributed by atoms with Gasteiger partial charge in [0.05, 0.1) is 7.11 Å². The second-order valence-corrected chi connectivity index (χ2v) is 7.27. The predicted molar refractivity (Wildman–Crippen MR) is 101 cm³/mol. The molecule has 0 amide bonds. The molecule has 0 aromatic heterocycles. The van der Waals surface area contributed by atoms with Crippen LogP contribution < -0.4 is 4.74 Å². The summed E-state index contributed by atoms with van der Waals surface area (Å²) in [6, 6.07) is 15.5. The maximum Gasteiger partial charge on any atom is 0.118 e. The van der Waals surface area contributed by atoms with E-state index in [0.717, 1.165) is 18.2 Å². The highest BCUT2D eigenvalue weighted by atomic mass is 16.5. The van der Waals surface area contributed by atoms with Crippen LogP contribution in [0.1, 0.15) is 35.1 Å². The number of aryl methyl sites for hydroxylation is 2. The predicted octanol–water partition coefficient (Wildman–Crippen LogP) is 4.77. The SMILES string of the molecule is COc1ccc(CC2CCN(Cc3cc(C)cc(C)c3)CC2)cc1. The molecular weight excluding hydrogens is 294 g/mol. The Morgan fingerprint density at radius 3 is 2.12 bits per heavy atom. The van der Waals surface area contributed by atoms with Gasteiger partial charge in [-0.3, -0.25) is 4.90 Å². The number of hydrogen-bond acceptors (Lipinski definition) is 2. The molecule has 2 aromatic carbocycles. The summed E-state index contributed by atoms with van der Waals surface area (Å²) in [5, 5.41) is 0. The van der Waals surface area contributed by atoms with E-state index in [1.54, 1.807) is 7.11 Å². The Morgan fingerprint density at radius 2 is 1.54 bits per heavy atom. The van der Waals surface area contributed by atoms with Gasteiger partial charge in [0.15, 0.2) is 0 Å². The zero-order chi connectivity index (χ0) is 16.9. The van der Waals surface area contributed by atoms with Crippen molar-refractivity contribution in [2.24, 2.45) is 5.92 Å². The molecule has 1 aliphatic heterocycles. The van der Waals surface area contributed by atoms with E-state index in [0.29, 0.717) is 0 Å². The van der Waals surface area contributed by atoms with Crippen molar-refractivity contribution >= 4 is 0 Å². The van der Waals surface area contributed by atoms with Crippen LogP contribution in [-0.4, -0.2) is 25.1 Å². The Morgan fingerprint density at radius 1 is 0.917 bits per heavy atom. The van der Waals surface area contributed by atoms with Crippen molar-refractivity contribution in [3.63, 3.8) is 0 Å². The highest BCUT2D eigenvalue weighted by Crippen LogP contribution is 2.24. The molecule has 0 spiro atoms. The van der Waals surface area contributed by atoms with Crippen LogP contribution >= 0.6 is 0 Å². The maximum absolute atomic E-state index is 5.24. The molecule has 2 aromatic rings. The average molecular weight is 323 g/mol. The van der Waals surface area contributed by atoms with Crippen molar-refractivity contribution < 1.29 is 4.74 Å². The van der Waals surface area contributed by atoms with Crippen LogP contribution in [0.25, 0.3) is 0 Å². The summed E-state index contributed by atoms with van der Waals surface area (Å²) >= 11 is 0. The summed E-state index contributed by atoms with van der Waals surface area (Å²) in [5.41, 5.74) is 5.64. The molecule has 128 valence electrons. The topological polar surface area (TPSA) is 12.5 Å². The summed E-state index contributed by atoms with van der Waals surface area (Å²) in [6.07, 6.45) is 3.80. The third-order valence-electron chi connectivity index (χ3n) is 5.08. The minimum Gasteiger partial charge on any atom is -0.497 e. The Bertz CT molecular complexity index is 634. The fourth-order valence-electron chi connectivity index (χ4n) is 3.86. The number of ether oxygens (including phenoxy) is 1. The van der Waals surface area contributed by atoms with E-state index in [4.69, 9.17) is 4.74 Å². The first-order valence-corrected chi connectivity index (χ1v) is 9.05. The molecule has 0 atom stereocenters. The summed E-state index contributed by atoms with van der Waals surface area (Å²) in [4.78, 5) is 2.61.